The zero-order valence-electron chi connectivity index (χ0n) is 15.1. The van der Waals surface area contributed by atoms with Gasteiger partial charge in [0, 0.05) is 57.3 Å². The molecule has 8 nitrogen and oxygen atoms in total. The number of carbonyl (C=O) groups is 1. The van der Waals surface area contributed by atoms with Crippen molar-refractivity contribution >= 4 is 11.9 Å². The van der Waals surface area contributed by atoms with Gasteiger partial charge in [0.2, 0.25) is 11.9 Å². The maximum absolute atomic E-state index is 11.3. The van der Waals surface area contributed by atoms with E-state index >= 15 is 0 Å². The summed E-state index contributed by atoms with van der Waals surface area (Å²) >= 11 is 0. The van der Waals surface area contributed by atoms with Crippen molar-refractivity contribution in [2.45, 2.75) is 43.9 Å². The quantitative estimate of drug-likeness (QED) is 0.792. The zero-order chi connectivity index (χ0) is 17.8. The van der Waals surface area contributed by atoms with Crippen molar-refractivity contribution in [3.63, 3.8) is 0 Å². The van der Waals surface area contributed by atoms with Crippen LogP contribution in [0.1, 0.15) is 31.2 Å². The Labute approximate surface area is 153 Å². The maximum Gasteiger partial charge on any atom is 0.246 e. The van der Waals surface area contributed by atoms with E-state index in [0.717, 1.165) is 64.0 Å². The molecule has 26 heavy (non-hydrogen) atoms. The van der Waals surface area contributed by atoms with Crippen molar-refractivity contribution in [3.05, 3.63) is 18.0 Å². The Morgan fingerprint density at radius 3 is 2.77 bits per heavy atom. The fourth-order valence-electron chi connectivity index (χ4n) is 3.82. The summed E-state index contributed by atoms with van der Waals surface area (Å²) < 4.78 is 11.4. The maximum atomic E-state index is 11.3. The molecule has 1 aromatic rings. The van der Waals surface area contributed by atoms with Crippen LogP contribution >= 0.6 is 0 Å². The monoisotopic (exact) mass is 361 g/mol. The molecule has 0 aliphatic carbocycles. The van der Waals surface area contributed by atoms with Crippen molar-refractivity contribution in [1.82, 2.24) is 20.2 Å². The molecule has 4 rings (SSSR count). The molecular formula is C18H27N5O3. The summed E-state index contributed by atoms with van der Waals surface area (Å²) in [5, 5.41) is 6.18. The van der Waals surface area contributed by atoms with E-state index < -0.39 is 0 Å². The first-order chi connectivity index (χ1) is 12.7. The molecule has 0 saturated carbocycles. The highest BCUT2D eigenvalue weighted by Gasteiger charge is 2.38. The molecule has 1 atom stereocenters. The van der Waals surface area contributed by atoms with Crippen LogP contribution in [0.3, 0.4) is 0 Å². The highest BCUT2D eigenvalue weighted by molar-refractivity contribution is 5.78. The molecule has 1 unspecified atom stereocenters. The molecule has 3 aliphatic rings. The predicted molar refractivity (Wildman–Crippen MR) is 95.7 cm³/mol. The normalized spacial score (nSPS) is 26.0. The van der Waals surface area contributed by atoms with Gasteiger partial charge in [-0.25, -0.2) is 9.97 Å². The third-order valence-corrected chi connectivity index (χ3v) is 5.51. The third kappa shape index (κ3) is 4.31. The van der Waals surface area contributed by atoms with Gasteiger partial charge in [0.15, 0.2) is 0 Å². The molecule has 1 aromatic heterocycles. The SMILES string of the molecule is O=C1COC2(CCN(Cc3cnc(NCC4CCCO4)nc3)CC2)CN1. The van der Waals surface area contributed by atoms with E-state index in [4.69, 9.17) is 9.47 Å². The fraction of sp³-hybridized carbons (Fsp3) is 0.722. The molecule has 1 amide bonds. The average molecular weight is 361 g/mol. The number of amides is 1. The Kier molecular flexibility index (Phi) is 5.33. The zero-order valence-corrected chi connectivity index (χ0v) is 15.1. The third-order valence-electron chi connectivity index (χ3n) is 5.51. The lowest BCUT2D eigenvalue weighted by atomic mass is 9.90. The van der Waals surface area contributed by atoms with Gasteiger partial charge in [-0.3, -0.25) is 9.69 Å². The van der Waals surface area contributed by atoms with Gasteiger partial charge in [-0.1, -0.05) is 0 Å². The van der Waals surface area contributed by atoms with E-state index in [2.05, 4.69) is 25.5 Å². The molecule has 1 spiro atoms. The van der Waals surface area contributed by atoms with E-state index in [9.17, 15) is 4.79 Å². The van der Waals surface area contributed by atoms with Crippen LogP contribution in [0.15, 0.2) is 12.4 Å². The van der Waals surface area contributed by atoms with E-state index in [-0.39, 0.29) is 24.2 Å². The van der Waals surface area contributed by atoms with Gasteiger partial charge in [-0.05, 0) is 25.7 Å². The molecule has 3 saturated heterocycles. The first kappa shape index (κ1) is 17.6. The molecule has 3 aliphatic heterocycles. The summed E-state index contributed by atoms with van der Waals surface area (Å²) in [5.41, 5.74) is 0.943. The number of likely N-dealkylation sites (tertiary alicyclic amines) is 1. The summed E-state index contributed by atoms with van der Waals surface area (Å²) in [5.74, 6) is 0.650. The molecule has 8 heteroatoms. The lowest BCUT2D eigenvalue weighted by Crippen LogP contribution is -2.57. The van der Waals surface area contributed by atoms with Gasteiger partial charge in [-0.2, -0.15) is 0 Å². The Balaban J connectivity index is 1.22. The van der Waals surface area contributed by atoms with E-state index in [1.165, 1.54) is 0 Å². The summed E-state index contributed by atoms with van der Waals surface area (Å²) in [6.07, 6.45) is 8.20. The van der Waals surface area contributed by atoms with Crippen LogP contribution in [0.25, 0.3) is 0 Å². The van der Waals surface area contributed by atoms with Crippen LogP contribution in [-0.4, -0.2) is 71.9 Å². The topological polar surface area (TPSA) is 88.6 Å². The van der Waals surface area contributed by atoms with E-state index in [0.29, 0.717) is 12.5 Å². The van der Waals surface area contributed by atoms with E-state index in [1.54, 1.807) is 0 Å². The molecule has 4 heterocycles. The van der Waals surface area contributed by atoms with Gasteiger partial charge < -0.3 is 20.1 Å². The first-order valence-electron chi connectivity index (χ1n) is 9.50. The van der Waals surface area contributed by atoms with Crippen LogP contribution in [0.2, 0.25) is 0 Å². The Morgan fingerprint density at radius 2 is 2.12 bits per heavy atom. The van der Waals surface area contributed by atoms with Gasteiger partial charge in [0.25, 0.3) is 0 Å². The minimum Gasteiger partial charge on any atom is -0.376 e. The van der Waals surface area contributed by atoms with Gasteiger partial charge in [-0.15, -0.1) is 0 Å². The standard InChI is InChI=1S/C18H27N5O3/c24-16-12-26-18(13-22-16)3-5-23(6-4-18)11-14-8-19-17(20-9-14)21-10-15-2-1-7-25-15/h8-9,15H,1-7,10-13H2,(H,22,24)(H,19,20,21). The second-order valence-electron chi connectivity index (χ2n) is 7.46. The minimum absolute atomic E-state index is 0.0107. The highest BCUT2D eigenvalue weighted by Crippen LogP contribution is 2.28. The smallest absolute Gasteiger partial charge is 0.246 e. The Hall–Kier alpha value is -1.77. The minimum atomic E-state index is -0.170. The van der Waals surface area contributed by atoms with Crippen LogP contribution < -0.4 is 10.6 Å². The number of nitrogens with zero attached hydrogens (tertiary/aromatic N) is 3. The number of nitrogens with one attached hydrogen (secondary N) is 2. The van der Waals surface area contributed by atoms with Gasteiger partial charge >= 0.3 is 0 Å². The molecule has 0 bridgehead atoms. The van der Waals surface area contributed by atoms with Crippen molar-refractivity contribution in [3.8, 4) is 0 Å². The summed E-state index contributed by atoms with van der Waals surface area (Å²) in [6.45, 7) is 5.20. The van der Waals surface area contributed by atoms with E-state index in [1.807, 2.05) is 12.4 Å². The van der Waals surface area contributed by atoms with Crippen LogP contribution in [0.4, 0.5) is 5.95 Å². The number of hydrogen-bond donors (Lipinski definition) is 2. The van der Waals surface area contributed by atoms with Crippen molar-refractivity contribution < 1.29 is 14.3 Å². The number of ether oxygens (including phenoxy) is 2. The summed E-state index contributed by atoms with van der Waals surface area (Å²) in [4.78, 5) is 22.5. The number of hydrogen-bond acceptors (Lipinski definition) is 7. The second kappa shape index (κ2) is 7.85. The lowest BCUT2D eigenvalue weighted by Gasteiger charge is -2.43. The van der Waals surface area contributed by atoms with Crippen molar-refractivity contribution in [1.29, 1.82) is 0 Å². The molecule has 3 fully saturated rings. The summed E-state index contributed by atoms with van der Waals surface area (Å²) in [7, 11) is 0. The molecular weight excluding hydrogens is 334 g/mol. The molecule has 0 radical (unpaired) electrons. The van der Waals surface area contributed by atoms with Crippen LogP contribution in [-0.2, 0) is 20.8 Å². The Bertz CT molecular complexity index is 598. The van der Waals surface area contributed by atoms with Gasteiger partial charge in [0.05, 0.1) is 11.7 Å². The Morgan fingerprint density at radius 1 is 1.31 bits per heavy atom. The average Bonchev–Trinajstić information content (AvgIpc) is 3.19. The number of rotatable bonds is 5. The van der Waals surface area contributed by atoms with Gasteiger partial charge in [0.1, 0.15) is 6.61 Å². The molecule has 2 N–H and O–H groups in total. The predicted octanol–water partition coefficient (Wildman–Crippen LogP) is 0.549. The number of anilines is 1. The fourth-order valence-corrected chi connectivity index (χ4v) is 3.82. The van der Waals surface area contributed by atoms with Crippen LogP contribution in [0, 0.1) is 0 Å². The summed E-state index contributed by atoms with van der Waals surface area (Å²) in [6, 6.07) is 0. The number of aromatic nitrogens is 2. The van der Waals surface area contributed by atoms with Crippen LogP contribution in [0.5, 0.6) is 0 Å². The number of carbonyl (C=O) groups excluding carboxylic acids is 1. The molecule has 0 aromatic carbocycles. The second-order valence-corrected chi connectivity index (χ2v) is 7.46. The van der Waals surface area contributed by atoms with Crippen molar-refractivity contribution in [2.24, 2.45) is 0 Å². The molecule has 142 valence electrons. The highest BCUT2D eigenvalue weighted by atomic mass is 16.5. The number of piperidine rings is 1. The number of morpholine rings is 1. The first-order valence-corrected chi connectivity index (χ1v) is 9.50. The van der Waals surface area contributed by atoms with Crippen molar-refractivity contribution in [2.75, 3.05) is 44.7 Å². The largest absolute Gasteiger partial charge is 0.376 e. The lowest BCUT2D eigenvalue weighted by molar-refractivity contribution is -0.150.